The second-order valence-electron chi connectivity index (χ2n) is 6.35. The zero-order chi connectivity index (χ0) is 18.6. The van der Waals surface area contributed by atoms with Crippen molar-refractivity contribution >= 4 is 11.7 Å². The third-order valence-electron chi connectivity index (χ3n) is 4.69. The summed E-state index contributed by atoms with van der Waals surface area (Å²) in [6, 6.07) is 14.5. The summed E-state index contributed by atoms with van der Waals surface area (Å²) in [6.07, 6.45) is 2.01. The summed E-state index contributed by atoms with van der Waals surface area (Å²) in [6.45, 7) is 0.534. The number of anilines is 1. The van der Waals surface area contributed by atoms with Crippen molar-refractivity contribution in [1.82, 2.24) is 5.32 Å². The topological polar surface area (TPSA) is 83.4 Å². The SMILES string of the molecule is COc1ccc(C2(CNC(=O)Nc3cccc(C#N)c3)CC2)cc1OC. The highest BCUT2D eigenvalue weighted by Crippen LogP contribution is 2.49. The van der Waals surface area contributed by atoms with E-state index in [-0.39, 0.29) is 11.4 Å². The van der Waals surface area contributed by atoms with E-state index in [4.69, 9.17) is 14.7 Å². The maximum atomic E-state index is 12.2. The zero-order valence-electron chi connectivity index (χ0n) is 14.8. The fourth-order valence-electron chi connectivity index (χ4n) is 2.98. The van der Waals surface area contributed by atoms with E-state index in [2.05, 4.69) is 16.7 Å². The lowest BCUT2D eigenvalue weighted by Gasteiger charge is -2.19. The van der Waals surface area contributed by atoms with Crippen molar-refractivity contribution in [2.75, 3.05) is 26.1 Å². The number of amides is 2. The van der Waals surface area contributed by atoms with Gasteiger partial charge in [0.1, 0.15) is 0 Å². The Labute approximate surface area is 152 Å². The van der Waals surface area contributed by atoms with E-state index in [1.807, 2.05) is 18.2 Å². The van der Waals surface area contributed by atoms with E-state index in [1.165, 1.54) is 0 Å². The lowest BCUT2D eigenvalue weighted by Crippen LogP contribution is -2.35. The van der Waals surface area contributed by atoms with Gasteiger partial charge in [-0.1, -0.05) is 12.1 Å². The third kappa shape index (κ3) is 3.72. The lowest BCUT2D eigenvalue weighted by molar-refractivity contribution is 0.251. The van der Waals surface area contributed by atoms with Crippen molar-refractivity contribution in [1.29, 1.82) is 5.26 Å². The summed E-state index contributed by atoms with van der Waals surface area (Å²) in [7, 11) is 3.22. The largest absolute Gasteiger partial charge is 0.493 e. The van der Waals surface area contributed by atoms with E-state index in [9.17, 15) is 4.79 Å². The first kappa shape index (κ1) is 17.6. The van der Waals surface area contributed by atoms with E-state index < -0.39 is 0 Å². The zero-order valence-corrected chi connectivity index (χ0v) is 14.8. The normalized spacial score (nSPS) is 14.0. The summed E-state index contributed by atoms with van der Waals surface area (Å²) >= 11 is 0. The van der Waals surface area contributed by atoms with Crippen molar-refractivity contribution in [2.24, 2.45) is 0 Å². The second-order valence-corrected chi connectivity index (χ2v) is 6.35. The van der Waals surface area contributed by atoms with Crippen LogP contribution < -0.4 is 20.1 Å². The monoisotopic (exact) mass is 351 g/mol. The molecule has 1 aliphatic carbocycles. The highest BCUT2D eigenvalue weighted by Gasteiger charge is 2.44. The molecule has 0 aromatic heterocycles. The van der Waals surface area contributed by atoms with E-state index in [1.54, 1.807) is 38.5 Å². The molecule has 134 valence electrons. The molecule has 0 atom stereocenters. The van der Waals surface area contributed by atoms with Crippen LogP contribution in [0.1, 0.15) is 24.0 Å². The molecule has 2 amide bonds. The molecule has 0 bridgehead atoms. The molecule has 6 heteroatoms. The Morgan fingerprint density at radius 2 is 1.92 bits per heavy atom. The van der Waals surface area contributed by atoms with Gasteiger partial charge in [-0.3, -0.25) is 0 Å². The van der Waals surface area contributed by atoms with Crippen LogP contribution in [0, 0.1) is 11.3 Å². The number of ether oxygens (including phenoxy) is 2. The standard InChI is InChI=1S/C20H21N3O3/c1-25-17-7-6-15(11-18(17)26-2)20(8-9-20)13-22-19(24)23-16-5-3-4-14(10-16)12-21/h3-7,10-11H,8-9,13H2,1-2H3,(H2,22,23,24). The van der Waals surface area contributed by atoms with Gasteiger partial charge in [0, 0.05) is 17.6 Å². The Kier molecular flexibility index (Phi) is 4.99. The first-order valence-electron chi connectivity index (χ1n) is 8.38. The van der Waals surface area contributed by atoms with Crippen molar-refractivity contribution < 1.29 is 14.3 Å². The van der Waals surface area contributed by atoms with Crippen molar-refractivity contribution in [2.45, 2.75) is 18.3 Å². The van der Waals surface area contributed by atoms with Gasteiger partial charge in [0.2, 0.25) is 0 Å². The number of carbonyl (C=O) groups is 1. The van der Waals surface area contributed by atoms with Crippen LogP contribution in [0.2, 0.25) is 0 Å². The van der Waals surface area contributed by atoms with Crippen LogP contribution in [-0.4, -0.2) is 26.8 Å². The van der Waals surface area contributed by atoms with Crippen LogP contribution in [0.15, 0.2) is 42.5 Å². The van der Waals surface area contributed by atoms with Crippen LogP contribution in [0.3, 0.4) is 0 Å². The molecule has 1 saturated carbocycles. The van der Waals surface area contributed by atoms with Gasteiger partial charge in [-0.25, -0.2) is 4.79 Å². The molecular formula is C20H21N3O3. The quantitative estimate of drug-likeness (QED) is 0.835. The summed E-state index contributed by atoms with van der Waals surface area (Å²) in [5.41, 5.74) is 2.16. The molecule has 0 radical (unpaired) electrons. The first-order chi connectivity index (χ1) is 12.6. The molecule has 2 aromatic carbocycles. The Balaban J connectivity index is 1.63. The lowest BCUT2D eigenvalue weighted by atomic mass is 9.95. The summed E-state index contributed by atoms with van der Waals surface area (Å²) in [5.74, 6) is 1.38. The van der Waals surface area contributed by atoms with Gasteiger partial charge in [-0.15, -0.1) is 0 Å². The summed E-state index contributed by atoms with van der Waals surface area (Å²) in [4.78, 5) is 12.2. The maximum Gasteiger partial charge on any atom is 0.319 e. The predicted molar refractivity (Wildman–Crippen MR) is 98.6 cm³/mol. The van der Waals surface area contributed by atoms with Crippen molar-refractivity contribution in [3.05, 3.63) is 53.6 Å². The van der Waals surface area contributed by atoms with E-state index in [0.29, 0.717) is 29.3 Å². The second kappa shape index (κ2) is 7.36. The van der Waals surface area contributed by atoms with E-state index in [0.717, 1.165) is 18.4 Å². The molecule has 1 aliphatic rings. The minimum Gasteiger partial charge on any atom is -0.493 e. The number of methoxy groups -OCH3 is 2. The molecule has 0 saturated heterocycles. The Hall–Kier alpha value is -3.20. The molecule has 0 unspecified atom stereocenters. The number of carbonyl (C=O) groups excluding carboxylic acids is 1. The highest BCUT2D eigenvalue weighted by atomic mass is 16.5. The van der Waals surface area contributed by atoms with Crippen molar-refractivity contribution in [3.8, 4) is 17.6 Å². The minimum atomic E-state index is -0.285. The van der Waals surface area contributed by atoms with Gasteiger partial charge in [-0.2, -0.15) is 5.26 Å². The average Bonchev–Trinajstić information content (AvgIpc) is 3.47. The average molecular weight is 351 g/mol. The fourth-order valence-corrected chi connectivity index (χ4v) is 2.98. The van der Waals surface area contributed by atoms with Gasteiger partial charge in [0.05, 0.1) is 25.9 Å². The number of nitrogens with one attached hydrogen (secondary N) is 2. The van der Waals surface area contributed by atoms with E-state index >= 15 is 0 Å². The molecule has 26 heavy (non-hydrogen) atoms. The van der Waals surface area contributed by atoms with Gasteiger partial charge < -0.3 is 20.1 Å². The van der Waals surface area contributed by atoms with Crippen LogP contribution in [0.5, 0.6) is 11.5 Å². The minimum absolute atomic E-state index is 0.0641. The van der Waals surface area contributed by atoms with Crippen LogP contribution >= 0.6 is 0 Å². The van der Waals surface area contributed by atoms with Gasteiger partial charge in [0.25, 0.3) is 0 Å². The molecule has 0 heterocycles. The van der Waals surface area contributed by atoms with Gasteiger partial charge in [-0.05, 0) is 48.7 Å². The molecule has 0 spiro atoms. The number of hydrogen-bond acceptors (Lipinski definition) is 4. The summed E-state index contributed by atoms with van der Waals surface area (Å²) < 4.78 is 10.7. The number of nitrogens with zero attached hydrogens (tertiary/aromatic N) is 1. The number of rotatable bonds is 6. The smallest absolute Gasteiger partial charge is 0.319 e. The molecule has 6 nitrogen and oxygen atoms in total. The first-order valence-corrected chi connectivity index (χ1v) is 8.38. The maximum absolute atomic E-state index is 12.2. The molecule has 1 fully saturated rings. The Morgan fingerprint density at radius 3 is 2.58 bits per heavy atom. The molecule has 2 N–H and O–H groups in total. The third-order valence-corrected chi connectivity index (χ3v) is 4.69. The Bertz CT molecular complexity index is 854. The molecule has 3 rings (SSSR count). The van der Waals surface area contributed by atoms with Crippen LogP contribution in [0.4, 0.5) is 10.5 Å². The number of nitriles is 1. The highest BCUT2D eigenvalue weighted by molar-refractivity contribution is 5.89. The fraction of sp³-hybridized carbons (Fsp3) is 0.300. The predicted octanol–water partition coefficient (Wildman–Crippen LogP) is 3.43. The van der Waals surface area contributed by atoms with Crippen LogP contribution in [-0.2, 0) is 5.41 Å². The van der Waals surface area contributed by atoms with Gasteiger partial charge in [0.15, 0.2) is 11.5 Å². The number of hydrogen-bond donors (Lipinski definition) is 2. The Morgan fingerprint density at radius 1 is 1.15 bits per heavy atom. The molecule has 0 aliphatic heterocycles. The number of benzene rings is 2. The summed E-state index contributed by atoms with van der Waals surface area (Å²) in [5, 5.41) is 14.6. The molecular weight excluding hydrogens is 330 g/mol. The van der Waals surface area contributed by atoms with Crippen LogP contribution in [0.25, 0.3) is 0 Å². The number of urea groups is 1. The molecule has 2 aromatic rings. The van der Waals surface area contributed by atoms with Gasteiger partial charge >= 0.3 is 6.03 Å². The van der Waals surface area contributed by atoms with Crippen molar-refractivity contribution in [3.63, 3.8) is 0 Å².